The van der Waals surface area contributed by atoms with Crippen LogP contribution in [0.1, 0.15) is 24.0 Å². The molecule has 0 radical (unpaired) electrons. The Morgan fingerprint density at radius 1 is 1.21 bits per heavy atom. The number of rotatable bonds is 9. The first-order chi connectivity index (χ1) is 13.3. The Bertz CT molecular complexity index is 889. The van der Waals surface area contributed by atoms with Crippen LogP contribution in [0.3, 0.4) is 0 Å². The summed E-state index contributed by atoms with van der Waals surface area (Å²) in [6, 6.07) is 9.91. The maximum Gasteiger partial charge on any atom is 0.426 e. The first-order valence-corrected chi connectivity index (χ1v) is 8.19. The van der Waals surface area contributed by atoms with E-state index in [1.807, 2.05) is 6.07 Å². The lowest BCUT2D eigenvalue weighted by atomic mass is 10.1. The zero-order valence-electron chi connectivity index (χ0n) is 14.6. The molecule has 0 unspecified atom stereocenters. The molecular weight excluding hydrogens is 375 g/mol. The molecule has 0 fully saturated rings. The molecule has 0 spiro atoms. The summed E-state index contributed by atoms with van der Waals surface area (Å²) in [7, 11) is 0. The van der Waals surface area contributed by atoms with Gasteiger partial charge in [-0.05, 0) is 42.3 Å². The van der Waals surface area contributed by atoms with Crippen LogP contribution < -0.4 is 9.47 Å². The van der Waals surface area contributed by atoms with Crippen LogP contribution in [0.2, 0.25) is 0 Å². The van der Waals surface area contributed by atoms with Crippen molar-refractivity contribution in [2.75, 3.05) is 6.61 Å². The smallest absolute Gasteiger partial charge is 0.426 e. The van der Waals surface area contributed by atoms with Gasteiger partial charge >= 0.3 is 12.1 Å². The van der Waals surface area contributed by atoms with Gasteiger partial charge in [0.1, 0.15) is 5.75 Å². The van der Waals surface area contributed by atoms with Gasteiger partial charge in [-0.1, -0.05) is 12.1 Å². The fourth-order valence-electron chi connectivity index (χ4n) is 2.15. The van der Waals surface area contributed by atoms with E-state index >= 15 is 0 Å². The van der Waals surface area contributed by atoms with Crippen molar-refractivity contribution in [1.29, 1.82) is 5.26 Å². The van der Waals surface area contributed by atoms with E-state index in [1.54, 1.807) is 0 Å². The van der Waals surface area contributed by atoms with Gasteiger partial charge in [-0.3, -0.25) is 0 Å². The molecule has 0 saturated heterocycles. The van der Waals surface area contributed by atoms with Crippen molar-refractivity contribution >= 4 is 12.0 Å². The van der Waals surface area contributed by atoms with Crippen molar-refractivity contribution in [2.24, 2.45) is 0 Å². The number of halogens is 3. The molecule has 0 aliphatic carbocycles. The number of carbonyl (C=O) groups is 1. The average molecular weight is 391 g/mol. The fraction of sp³-hybridized carbons (Fsp3) is 0.200. The summed E-state index contributed by atoms with van der Waals surface area (Å²) >= 11 is 0. The number of ether oxygens (including phenoxy) is 2. The van der Waals surface area contributed by atoms with Crippen molar-refractivity contribution in [3.63, 3.8) is 0 Å². The van der Waals surface area contributed by atoms with Crippen LogP contribution in [-0.4, -0.2) is 17.7 Å². The lowest BCUT2D eigenvalue weighted by Gasteiger charge is -2.19. The molecule has 2 aromatic rings. The molecule has 0 aliphatic rings. The molecule has 146 valence electrons. The number of hydrogen-bond donors (Lipinski definition) is 1. The summed E-state index contributed by atoms with van der Waals surface area (Å²) in [6.45, 7) is 0.200. The highest BCUT2D eigenvalue weighted by molar-refractivity contribution is 5.85. The van der Waals surface area contributed by atoms with Gasteiger partial charge in [0.25, 0.3) is 0 Å². The standard InChI is InChI=1S/C20H16F3NO4/c21-17-13-16(27-12-2-1-11-24)8-9-18(17)28-20(22,23)15-6-3-14(4-7-15)5-10-19(25)26/h3-10,13H,1-2,12H2,(H,25,26). The topological polar surface area (TPSA) is 79.5 Å². The first-order valence-electron chi connectivity index (χ1n) is 8.19. The van der Waals surface area contributed by atoms with Crippen molar-refractivity contribution in [2.45, 2.75) is 19.0 Å². The van der Waals surface area contributed by atoms with Crippen molar-refractivity contribution < 1.29 is 32.5 Å². The number of carboxylic acid groups (broad SMARTS) is 1. The van der Waals surface area contributed by atoms with Gasteiger partial charge < -0.3 is 14.6 Å². The number of unbranched alkanes of at least 4 members (excludes halogenated alkanes) is 1. The Morgan fingerprint density at radius 3 is 2.54 bits per heavy atom. The highest BCUT2D eigenvalue weighted by Crippen LogP contribution is 2.34. The van der Waals surface area contributed by atoms with E-state index in [9.17, 15) is 18.0 Å². The summed E-state index contributed by atoms with van der Waals surface area (Å²) in [5, 5.41) is 17.0. The number of carboxylic acids is 1. The number of nitriles is 1. The number of nitrogens with zero attached hydrogens (tertiary/aromatic N) is 1. The van der Waals surface area contributed by atoms with Crippen molar-refractivity contribution in [1.82, 2.24) is 0 Å². The van der Waals surface area contributed by atoms with Crippen molar-refractivity contribution in [3.05, 3.63) is 65.5 Å². The molecule has 8 heteroatoms. The third-order valence-corrected chi connectivity index (χ3v) is 3.51. The maximum atomic E-state index is 14.3. The zero-order valence-corrected chi connectivity index (χ0v) is 14.6. The van der Waals surface area contributed by atoms with Crippen LogP contribution in [0.25, 0.3) is 6.08 Å². The molecule has 0 amide bonds. The predicted octanol–water partition coefficient (Wildman–Crippen LogP) is 4.73. The highest BCUT2D eigenvalue weighted by Gasteiger charge is 2.35. The Balaban J connectivity index is 2.06. The third-order valence-electron chi connectivity index (χ3n) is 3.51. The highest BCUT2D eigenvalue weighted by atomic mass is 19.3. The molecule has 2 aromatic carbocycles. The molecule has 5 nitrogen and oxygen atoms in total. The fourth-order valence-corrected chi connectivity index (χ4v) is 2.15. The van der Waals surface area contributed by atoms with E-state index in [-0.39, 0.29) is 12.4 Å². The number of benzene rings is 2. The normalized spacial score (nSPS) is 11.2. The van der Waals surface area contributed by atoms with E-state index in [1.165, 1.54) is 24.3 Å². The van der Waals surface area contributed by atoms with Crippen LogP contribution in [-0.2, 0) is 10.9 Å². The van der Waals surface area contributed by atoms with Crippen LogP contribution >= 0.6 is 0 Å². The number of alkyl halides is 2. The van der Waals surface area contributed by atoms with Crippen molar-refractivity contribution in [3.8, 4) is 17.6 Å². The van der Waals surface area contributed by atoms with E-state index in [4.69, 9.17) is 15.1 Å². The van der Waals surface area contributed by atoms with E-state index < -0.39 is 29.2 Å². The number of aliphatic carboxylic acids is 1. The maximum absolute atomic E-state index is 14.3. The summed E-state index contributed by atoms with van der Waals surface area (Å²) in [4.78, 5) is 10.5. The predicted molar refractivity (Wildman–Crippen MR) is 94.4 cm³/mol. The molecule has 0 atom stereocenters. The molecule has 2 rings (SSSR count). The van der Waals surface area contributed by atoms with Crippen LogP contribution in [0.4, 0.5) is 13.2 Å². The monoisotopic (exact) mass is 391 g/mol. The summed E-state index contributed by atoms with van der Waals surface area (Å²) in [5.74, 6) is -2.69. The minimum atomic E-state index is -3.80. The lowest BCUT2D eigenvalue weighted by Crippen LogP contribution is -2.22. The summed E-state index contributed by atoms with van der Waals surface area (Å²) in [6.07, 6.45) is -0.916. The Labute approximate surface area is 159 Å². The zero-order chi connectivity index (χ0) is 20.6. The molecular formula is C20H16F3NO4. The lowest BCUT2D eigenvalue weighted by molar-refractivity contribution is -0.187. The van der Waals surface area contributed by atoms with Crippen LogP contribution in [0.15, 0.2) is 48.5 Å². The molecule has 1 N–H and O–H groups in total. The van der Waals surface area contributed by atoms with Gasteiger partial charge in [-0.2, -0.15) is 14.0 Å². The molecule has 0 saturated carbocycles. The first kappa shape index (κ1) is 20.8. The van der Waals surface area contributed by atoms with Gasteiger partial charge in [0.05, 0.1) is 18.2 Å². The minimum Gasteiger partial charge on any atom is -0.493 e. The second kappa shape index (κ2) is 9.46. The number of hydrogen-bond acceptors (Lipinski definition) is 4. The second-order valence-electron chi connectivity index (χ2n) is 5.61. The quantitative estimate of drug-likeness (QED) is 0.494. The minimum absolute atomic E-state index is 0.140. The Hall–Kier alpha value is -3.47. The van der Waals surface area contributed by atoms with E-state index in [0.29, 0.717) is 18.4 Å². The van der Waals surface area contributed by atoms with Gasteiger partial charge in [0.15, 0.2) is 11.6 Å². The van der Waals surface area contributed by atoms with Gasteiger partial charge in [-0.15, -0.1) is 0 Å². The molecule has 28 heavy (non-hydrogen) atoms. The SMILES string of the molecule is N#CCCCOc1ccc(OC(F)(F)c2ccc(C=CC(=O)O)cc2)c(F)c1. The molecule has 0 aliphatic heterocycles. The third kappa shape index (κ3) is 6.06. The largest absolute Gasteiger partial charge is 0.493 e. The van der Waals surface area contributed by atoms with Gasteiger partial charge in [0, 0.05) is 18.6 Å². The van der Waals surface area contributed by atoms with E-state index in [2.05, 4.69) is 4.74 Å². The molecule has 0 aromatic heterocycles. The second-order valence-corrected chi connectivity index (χ2v) is 5.61. The molecule has 0 heterocycles. The summed E-state index contributed by atoms with van der Waals surface area (Å²) < 4.78 is 52.4. The van der Waals surface area contributed by atoms with Crippen LogP contribution in [0.5, 0.6) is 11.5 Å². The molecule has 0 bridgehead atoms. The van der Waals surface area contributed by atoms with Gasteiger partial charge in [0.2, 0.25) is 0 Å². The Kier molecular flexibility index (Phi) is 7.04. The van der Waals surface area contributed by atoms with E-state index in [0.717, 1.165) is 30.3 Å². The Morgan fingerprint density at radius 2 is 1.93 bits per heavy atom. The van der Waals surface area contributed by atoms with Crippen LogP contribution in [0, 0.1) is 17.1 Å². The van der Waals surface area contributed by atoms with Gasteiger partial charge in [-0.25, -0.2) is 9.18 Å². The average Bonchev–Trinajstić information content (AvgIpc) is 2.66. The summed E-state index contributed by atoms with van der Waals surface area (Å²) in [5.41, 5.74) is -0.109.